The van der Waals surface area contributed by atoms with Crippen LogP contribution in [0, 0.1) is 5.92 Å². The maximum absolute atomic E-state index is 5.23. The zero-order chi connectivity index (χ0) is 16.9. The Balaban J connectivity index is 1.83. The third-order valence-corrected chi connectivity index (χ3v) is 4.22. The van der Waals surface area contributed by atoms with E-state index in [4.69, 9.17) is 9.72 Å². The molecule has 0 aliphatic carbocycles. The van der Waals surface area contributed by atoms with Gasteiger partial charge in [-0.2, -0.15) is 0 Å². The van der Waals surface area contributed by atoms with Crippen molar-refractivity contribution in [3.8, 4) is 0 Å². The van der Waals surface area contributed by atoms with E-state index >= 15 is 0 Å². The Bertz CT molecular complexity index is 804. The predicted octanol–water partition coefficient (Wildman–Crippen LogP) is 4.62. The van der Waals surface area contributed by atoms with E-state index in [9.17, 15) is 0 Å². The van der Waals surface area contributed by atoms with Crippen molar-refractivity contribution in [1.29, 1.82) is 0 Å². The van der Waals surface area contributed by atoms with Crippen LogP contribution in [0.2, 0.25) is 0 Å². The number of benzene rings is 2. The molecule has 0 bridgehead atoms. The Hall–Kier alpha value is -2.13. The molecule has 0 aliphatic rings. The van der Waals surface area contributed by atoms with E-state index in [0.717, 1.165) is 24.9 Å². The van der Waals surface area contributed by atoms with Crippen molar-refractivity contribution in [2.24, 2.45) is 5.92 Å². The van der Waals surface area contributed by atoms with Crippen LogP contribution in [0.1, 0.15) is 30.8 Å². The van der Waals surface area contributed by atoms with Gasteiger partial charge in [-0.05, 0) is 35.6 Å². The molecule has 2 aromatic carbocycles. The Labute approximate surface area is 144 Å². The summed E-state index contributed by atoms with van der Waals surface area (Å²) in [6.07, 6.45) is 1.96. The summed E-state index contributed by atoms with van der Waals surface area (Å²) in [7, 11) is 1.74. The number of aryl methyl sites for hydroxylation is 2. The fourth-order valence-corrected chi connectivity index (χ4v) is 3.18. The van der Waals surface area contributed by atoms with Crippen LogP contribution in [0.3, 0.4) is 0 Å². The minimum absolute atomic E-state index is 0.603. The van der Waals surface area contributed by atoms with Gasteiger partial charge in [0, 0.05) is 20.1 Å². The monoisotopic (exact) mass is 322 g/mol. The number of imidazole rings is 1. The highest BCUT2D eigenvalue weighted by Crippen LogP contribution is 2.19. The van der Waals surface area contributed by atoms with Crippen LogP contribution in [0.4, 0.5) is 0 Å². The summed E-state index contributed by atoms with van der Waals surface area (Å²) in [6.45, 7) is 6.19. The number of fused-ring (bicyclic) bond motifs is 1. The first-order valence-electron chi connectivity index (χ1n) is 8.68. The van der Waals surface area contributed by atoms with Crippen molar-refractivity contribution >= 4 is 11.0 Å². The molecule has 0 aliphatic heterocycles. The Morgan fingerprint density at radius 1 is 1.00 bits per heavy atom. The average molecular weight is 322 g/mol. The van der Waals surface area contributed by atoms with Crippen LogP contribution in [-0.4, -0.2) is 16.7 Å². The van der Waals surface area contributed by atoms with Gasteiger partial charge < -0.3 is 9.30 Å². The fourth-order valence-electron chi connectivity index (χ4n) is 3.18. The molecule has 0 N–H and O–H groups in total. The third-order valence-electron chi connectivity index (χ3n) is 4.22. The van der Waals surface area contributed by atoms with Crippen molar-refractivity contribution in [1.82, 2.24) is 9.55 Å². The lowest BCUT2D eigenvalue weighted by Gasteiger charge is -2.12. The number of rotatable bonds is 7. The largest absolute Gasteiger partial charge is 0.380 e. The lowest BCUT2D eigenvalue weighted by Crippen LogP contribution is -2.09. The summed E-state index contributed by atoms with van der Waals surface area (Å²) in [5.74, 6) is 1.79. The van der Waals surface area contributed by atoms with Gasteiger partial charge in [-0.3, -0.25) is 0 Å². The second-order valence-electron chi connectivity index (χ2n) is 6.77. The highest BCUT2D eigenvalue weighted by atomic mass is 16.5. The van der Waals surface area contributed by atoms with Gasteiger partial charge in [0.2, 0.25) is 0 Å². The first-order valence-corrected chi connectivity index (χ1v) is 8.68. The van der Waals surface area contributed by atoms with E-state index in [1.54, 1.807) is 7.11 Å². The molecule has 126 valence electrons. The smallest absolute Gasteiger partial charge is 0.110 e. The van der Waals surface area contributed by atoms with Crippen molar-refractivity contribution in [3.05, 3.63) is 65.5 Å². The van der Waals surface area contributed by atoms with Gasteiger partial charge in [0.05, 0.1) is 17.6 Å². The third kappa shape index (κ3) is 3.85. The number of nitrogens with zero attached hydrogens (tertiary/aromatic N) is 2. The molecule has 24 heavy (non-hydrogen) atoms. The molecule has 0 saturated heterocycles. The van der Waals surface area contributed by atoms with E-state index < -0.39 is 0 Å². The number of hydrogen-bond acceptors (Lipinski definition) is 2. The Kier molecular flexibility index (Phi) is 5.31. The van der Waals surface area contributed by atoms with Crippen LogP contribution < -0.4 is 0 Å². The molecule has 3 rings (SSSR count). The quantitative estimate of drug-likeness (QED) is 0.634. The molecule has 0 fully saturated rings. The SMILES string of the molecule is COCc1cccc(CCc2nc3ccccc3n2CC(C)C)c1. The van der Waals surface area contributed by atoms with Gasteiger partial charge in [-0.25, -0.2) is 4.98 Å². The minimum atomic E-state index is 0.603. The normalized spacial score (nSPS) is 11.5. The van der Waals surface area contributed by atoms with Gasteiger partial charge in [0.25, 0.3) is 0 Å². The fraction of sp³-hybridized carbons (Fsp3) is 0.381. The number of ether oxygens (including phenoxy) is 1. The summed E-state index contributed by atoms with van der Waals surface area (Å²) >= 11 is 0. The van der Waals surface area contributed by atoms with E-state index in [1.807, 2.05) is 0 Å². The van der Waals surface area contributed by atoms with Crippen molar-refractivity contribution < 1.29 is 4.74 Å². The maximum Gasteiger partial charge on any atom is 0.110 e. The average Bonchev–Trinajstić information content (AvgIpc) is 2.91. The summed E-state index contributed by atoms with van der Waals surface area (Å²) in [4.78, 5) is 4.88. The topological polar surface area (TPSA) is 27.1 Å². The van der Waals surface area contributed by atoms with E-state index in [-0.39, 0.29) is 0 Å². The van der Waals surface area contributed by atoms with E-state index in [0.29, 0.717) is 12.5 Å². The Morgan fingerprint density at radius 2 is 1.79 bits per heavy atom. The summed E-state index contributed by atoms with van der Waals surface area (Å²) in [5.41, 5.74) is 4.91. The van der Waals surface area contributed by atoms with Crippen LogP contribution in [0.25, 0.3) is 11.0 Å². The predicted molar refractivity (Wildman–Crippen MR) is 99.1 cm³/mol. The standard InChI is InChI=1S/C21H26N2O/c1-16(2)14-23-20-10-5-4-9-19(20)22-21(23)12-11-17-7-6-8-18(13-17)15-24-3/h4-10,13,16H,11-12,14-15H2,1-3H3. The summed E-state index contributed by atoms with van der Waals surface area (Å²) in [6, 6.07) is 17.1. The lowest BCUT2D eigenvalue weighted by molar-refractivity contribution is 0.185. The van der Waals surface area contributed by atoms with Gasteiger partial charge in [0.1, 0.15) is 5.82 Å². The van der Waals surface area contributed by atoms with Gasteiger partial charge in [-0.1, -0.05) is 50.2 Å². The van der Waals surface area contributed by atoms with E-state index in [1.165, 1.54) is 22.5 Å². The number of para-hydroxylation sites is 2. The molecule has 0 spiro atoms. The maximum atomic E-state index is 5.23. The zero-order valence-electron chi connectivity index (χ0n) is 14.8. The molecule has 0 saturated carbocycles. The number of aromatic nitrogens is 2. The molecule has 0 unspecified atom stereocenters. The van der Waals surface area contributed by atoms with Crippen molar-refractivity contribution in [3.63, 3.8) is 0 Å². The van der Waals surface area contributed by atoms with Crippen LogP contribution in [-0.2, 0) is 30.7 Å². The van der Waals surface area contributed by atoms with Gasteiger partial charge in [0.15, 0.2) is 0 Å². The lowest BCUT2D eigenvalue weighted by atomic mass is 10.1. The second-order valence-corrected chi connectivity index (χ2v) is 6.77. The molecule has 3 heteroatoms. The molecule has 3 aromatic rings. The minimum Gasteiger partial charge on any atom is -0.380 e. The van der Waals surface area contributed by atoms with Gasteiger partial charge in [-0.15, -0.1) is 0 Å². The molecule has 0 radical (unpaired) electrons. The molecule has 0 atom stereocenters. The van der Waals surface area contributed by atoms with Crippen LogP contribution in [0.5, 0.6) is 0 Å². The highest BCUT2D eigenvalue weighted by Gasteiger charge is 2.11. The number of methoxy groups -OCH3 is 1. The highest BCUT2D eigenvalue weighted by molar-refractivity contribution is 5.75. The first kappa shape index (κ1) is 16.7. The van der Waals surface area contributed by atoms with Crippen LogP contribution in [0.15, 0.2) is 48.5 Å². The molecule has 0 amide bonds. The Morgan fingerprint density at radius 3 is 2.58 bits per heavy atom. The second kappa shape index (κ2) is 7.63. The molecule has 3 nitrogen and oxygen atoms in total. The zero-order valence-corrected chi connectivity index (χ0v) is 14.8. The molecule has 1 heterocycles. The molecular formula is C21H26N2O. The number of hydrogen-bond donors (Lipinski definition) is 0. The molecular weight excluding hydrogens is 296 g/mol. The summed E-state index contributed by atoms with van der Waals surface area (Å²) in [5, 5.41) is 0. The van der Waals surface area contributed by atoms with Gasteiger partial charge >= 0.3 is 0 Å². The van der Waals surface area contributed by atoms with Crippen molar-refractivity contribution in [2.45, 2.75) is 39.8 Å². The summed E-state index contributed by atoms with van der Waals surface area (Å²) < 4.78 is 7.62. The molecule has 1 aromatic heterocycles. The van der Waals surface area contributed by atoms with Crippen molar-refractivity contribution in [2.75, 3.05) is 7.11 Å². The van der Waals surface area contributed by atoms with Crippen LogP contribution >= 0.6 is 0 Å². The van der Waals surface area contributed by atoms with E-state index in [2.05, 4.69) is 66.9 Å². The first-order chi connectivity index (χ1) is 11.7.